The summed E-state index contributed by atoms with van der Waals surface area (Å²) in [6, 6.07) is 15.0. The van der Waals surface area contributed by atoms with E-state index >= 15 is 0 Å². The van der Waals surface area contributed by atoms with Crippen LogP contribution in [0, 0.1) is 13.8 Å². The standard InChI is InChI=1S/C29H32Cl3N3O4S/c1-18(2)33-29(37)21(5)34(16-23-25(31)9-6-10-26(23)32)28(36)17-35(27-11-7-8-24(30)20(27)4)40(38,39)22-14-12-19(3)13-15-22/h6-15,18,21H,16-17H2,1-5H3,(H,33,37)/t21-/m1/s1. The number of halogens is 3. The van der Waals surface area contributed by atoms with Crippen LogP contribution in [0.5, 0.6) is 0 Å². The van der Waals surface area contributed by atoms with E-state index in [1.165, 1.54) is 17.0 Å². The Bertz CT molecular complexity index is 1470. The van der Waals surface area contributed by atoms with E-state index < -0.39 is 34.4 Å². The minimum atomic E-state index is -4.22. The van der Waals surface area contributed by atoms with Gasteiger partial charge in [0.25, 0.3) is 10.0 Å². The van der Waals surface area contributed by atoms with Crippen LogP contribution in [0.3, 0.4) is 0 Å². The summed E-state index contributed by atoms with van der Waals surface area (Å²) >= 11 is 19.2. The van der Waals surface area contributed by atoms with Crippen LogP contribution in [0.4, 0.5) is 5.69 Å². The summed E-state index contributed by atoms with van der Waals surface area (Å²) in [6.07, 6.45) is 0. The summed E-state index contributed by atoms with van der Waals surface area (Å²) in [5, 5.41) is 3.79. The molecule has 0 saturated carbocycles. The molecule has 0 spiro atoms. The summed E-state index contributed by atoms with van der Waals surface area (Å²) < 4.78 is 29.0. The van der Waals surface area contributed by atoms with Gasteiger partial charge in [-0.05, 0) is 76.6 Å². The molecule has 1 atom stereocenters. The molecule has 0 aliphatic carbocycles. The van der Waals surface area contributed by atoms with Gasteiger partial charge in [0.2, 0.25) is 11.8 Å². The maximum atomic E-state index is 14.0. The molecule has 0 heterocycles. The van der Waals surface area contributed by atoms with Gasteiger partial charge in [0.15, 0.2) is 0 Å². The molecule has 0 fully saturated rings. The highest BCUT2D eigenvalue weighted by Crippen LogP contribution is 2.32. The van der Waals surface area contributed by atoms with Crippen LogP contribution in [0.25, 0.3) is 0 Å². The fourth-order valence-electron chi connectivity index (χ4n) is 4.06. The van der Waals surface area contributed by atoms with E-state index in [0.29, 0.717) is 26.2 Å². The Morgan fingerprint density at radius 2 is 1.40 bits per heavy atom. The van der Waals surface area contributed by atoms with Crippen molar-refractivity contribution in [1.82, 2.24) is 10.2 Å². The van der Waals surface area contributed by atoms with Crippen LogP contribution in [-0.2, 0) is 26.2 Å². The zero-order valence-electron chi connectivity index (χ0n) is 22.9. The second kappa shape index (κ2) is 13.3. The molecule has 0 aromatic heterocycles. The Kier molecular flexibility index (Phi) is 10.5. The van der Waals surface area contributed by atoms with E-state index in [9.17, 15) is 18.0 Å². The molecule has 11 heteroatoms. The third-order valence-corrected chi connectivity index (χ3v) is 9.28. The Morgan fingerprint density at radius 3 is 1.98 bits per heavy atom. The van der Waals surface area contributed by atoms with Crippen molar-refractivity contribution in [3.05, 3.63) is 92.4 Å². The molecule has 3 aromatic carbocycles. The van der Waals surface area contributed by atoms with Crippen LogP contribution < -0.4 is 9.62 Å². The number of carbonyl (C=O) groups is 2. The van der Waals surface area contributed by atoms with Crippen molar-refractivity contribution in [1.29, 1.82) is 0 Å². The lowest BCUT2D eigenvalue weighted by Gasteiger charge is -2.33. The van der Waals surface area contributed by atoms with Crippen molar-refractivity contribution in [2.24, 2.45) is 0 Å². The second-order valence-electron chi connectivity index (χ2n) is 9.77. The highest BCUT2D eigenvalue weighted by atomic mass is 35.5. The van der Waals surface area contributed by atoms with Crippen LogP contribution >= 0.6 is 34.8 Å². The topological polar surface area (TPSA) is 86.8 Å². The molecule has 214 valence electrons. The predicted molar refractivity (Wildman–Crippen MR) is 162 cm³/mol. The third-order valence-electron chi connectivity index (χ3n) is 6.38. The smallest absolute Gasteiger partial charge is 0.264 e. The highest BCUT2D eigenvalue weighted by Gasteiger charge is 2.34. The average Bonchev–Trinajstić information content (AvgIpc) is 2.88. The zero-order chi connectivity index (χ0) is 29.8. The van der Waals surface area contributed by atoms with Crippen molar-refractivity contribution in [2.75, 3.05) is 10.8 Å². The van der Waals surface area contributed by atoms with Crippen LogP contribution in [0.15, 0.2) is 65.6 Å². The number of hydrogen-bond donors (Lipinski definition) is 1. The van der Waals surface area contributed by atoms with Crippen LogP contribution in [0.2, 0.25) is 15.1 Å². The Hall–Kier alpha value is -2.78. The van der Waals surface area contributed by atoms with E-state index in [0.717, 1.165) is 9.87 Å². The molecular formula is C29H32Cl3N3O4S. The Labute approximate surface area is 251 Å². The molecule has 2 amide bonds. The maximum absolute atomic E-state index is 14.0. The molecule has 0 radical (unpaired) electrons. The molecule has 3 rings (SSSR count). The normalized spacial score (nSPS) is 12.2. The fourth-order valence-corrected chi connectivity index (χ4v) is 6.22. The zero-order valence-corrected chi connectivity index (χ0v) is 26.0. The first-order valence-corrected chi connectivity index (χ1v) is 15.2. The number of sulfonamides is 1. The number of rotatable bonds is 10. The van der Waals surface area contributed by atoms with Crippen molar-refractivity contribution in [3.8, 4) is 0 Å². The summed E-state index contributed by atoms with van der Waals surface area (Å²) in [5.41, 5.74) is 2.05. The van der Waals surface area contributed by atoms with Gasteiger partial charge in [0, 0.05) is 33.2 Å². The van der Waals surface area contributed by atoms with Crippen molar-refractivity contribution in [2.45, 2.75) is 58.1 Å². The summed E-state index contributed by atoms with van der Waals surface area (Å²) in [7, 11) is -4.22. The first-order valence-electron chi connectivity index (χ1n) is 12.6. The Balaban J connectivity index is 2.11. The molecular weight excluding hydrogens is 593 g/mol. The molecule has 40 heavy (non-hydrogen) atoms. The molecule has 1 N–H and O–H groups in total. The Morgan fingerprint density at radius 1 is 0.850 bits per heavy atom. The lowest BCUT2D eigenvalue weighted by Crippen LogP contribution is -2.52. The van der Waals surface area contributed by atoms with Gasteiger partial charge in [-0.15, -0.1) is 0 Å². The summed E-state index contributed by atoms with van der Waals surface area (Å²) in [5.74, 6) is -1.03. The lowest BCUT2D eigenvalue weighted by molar-refractivity contribution is -0.139. The molecule has 0 aliphatic heterocycles. The number of nitrogens with one attached hydrogen (secondary N) is 1. The van der Waals surface area contributed by atoms with E-state index in [1.54, 1.807) is 76.2 Å². The number of aryl methyl sites for hydroxylation is 1. The largest absolute Gasteiger partial charge is 0.352 e. The number of amides is 2. The molecule has 3 aromatic rings. The van der Waals surface area contributed by atoms with E-state index in [2.05, 4.69) is 5.32 Å². The molecule has 0 bridgehead atoms. The van der Waals surface area contributed by atoms with Gasteiger partial charge in [0.1, 0.15) is 12.6 Å². The number of anilines is 1. The van der Waals surface area contributed by atoms with Gasteiger partial charge in [0.05, 0.1) is 10.6 Å². The van der Waals surface area contributed by atoms with E-state index in [4.69, 9.17) is 34.8 Å². The summed E-state index contributed by atoms with van der Waals surface area (Å²) in [6.45, 7) is 8.00. The van der Waals surface area contributed by atoms with Gasteiger partial charge in [-0.2, -0.15) is 0 Å². The van der Waals surface area contributed by atoms with Crippen molar-refractivity contribution in [3.63, 3.8) is 0 Å². The minimum Gasteiger partial charge on any atom is -0.352 e. The number of hydrogen-bond acceptors (Lipinski definition) is 4. The van der Waals surface area contributed by atoms with Gasteiger partial charge >= 0.3 is 0 Å². The quantitative estimate of drug-likeness (QED) is 0.283. The van der Waals surface area contributed by atoms with Crippen LogP contribution in [0.1, 0.15) is 37.5 Å². The summed E-state index contributed by atoms with van der Waals surface area (Å²) in [4.78, 5) is 28.4. The molecule has 7 nitrogen and oxygen atoms in total. The molecule has 0 unspecified atom stereocenters. The monoisotopic (exact) mass is 623 g/mol. The first kappa shape index (κ1) is 31.7. The highest BCUT2D eigenvalue weighted by molar-refractivity contribution is 7.92. The molecule has 0 saturated heterocycles. The van der Waals surface area contributed by atoms with Crippen LogP contribution in [-0.4, -0.2) is 43.8 Å². The first-order chi connectivity index (χ1) is 18.7. The van der Waals surface area contributed by atoms with Gasteiger partial charge in [-0.3, -0.25) is 13.9 Å². The average molecular weight is 625 g/mol. The minimum absolute atomic E-state index is 0.0107. The van der Waals surface area contributed by atoms with Crippen molar-refractivity contribution >= 4 is 62.3 Å². The van der Waals surface area contributed by atoms with Gasteiger partial charge < -0.3 is 10.2 Å². The van der Waals surface area contributed by atoms with Crippen molar-refractivity contribution < 1.29 is 18.0 Å². The van der Waals surface area contributed by atoms with E-state index in [-0.39, 0.29) is 23.2 Å². The SMILES string of the molecule is Cc1ccc(S(=O)(=O)N(CC(=O)N(Cc2c(Cl)cccc2Cl)[C@H](C)C(=O)NC(C)C)c2cccc(Cl)c2C)cc1. The number of nitrogens with zero attached hydrogens (tertiary/aromatic N) is 2. The fraction of sp³-hybridized carbons (Fsp3) is 0.310. The predicted octanol–water partition coefficient (Wildman–Crippen LogP) is 6.40. The second-order valence-corrected chi connectivity index (χ2v) is 12.9. The lowest BCUT2D eigenvalue weighted by atomic mass is 10.1. The number of carbonyl (C=O) groups excluding carboxylic acids is 2. The van der Waals surface area contributed by atoms with E-state index in [1.807, 2.05) is 6.92 Å². The molecule has 0 aliphatic rings. The van der Waals surface area contributed by atoms with Gasteiger partial charge in [-0.25, -0.2) is 8.42 Å². The third kappa shape index (κ3) is 7.29. The number of benzene rings is 3. The van der Waals surface area contributed by atoms with Gasteiger partial charge in [-0.1, -0.05) is 64.6 Å². The maximum Gasteiger partial charge on any atom is 0.264 e.